The van der Waals surface area contributed by atoms with Crippen molar-refractivity contribution in [2.24, 2.45) is 12.5 Å². The van der Waals surface area contributed by atoms with Crippen molar-refractivity contribution in [1.82, 2.24) is 9.72 Å². The van der Waals surface area contributed by atoms with Crippen LogP contribution in [0.3, 0.4) is 0 Å². The first-order valence-corrected chi connectivity index (χ1v) is 14.2. The molecule has 0 unspecified atom stereocenters. The number of aromatic nitrogens is 2. The fourth-order valence-corrected chi connectivity index (χ4v) is 6.71. The summed E-state index contributed by atoms with van der Waals surface area (Å²) in [5.41, 5.74) is 5.20. The summed E-state index contributed by atoms with van der Waals surface area (Å²) in [5.74, 6) is -0.217. The predicted octanol–water partition coefficient (Wildman–Crippen LogP) is 7.77. The molecule has 4 aromatic rings. The first kappa shape index (κ1) is 26.7. The van der Waals surface area contributed by atoms with Crippen molar-refractivity contribution >= 4 is 28.6 Å². The number of carbonyl (C=O) groups is 1. The first-order valence-electron chi connectivity index (χ1n) is 14.2. The normalized spacial score (nSPS) is 18.4. The van der Waals surface area contributed by atoms with E-state index in [0.717, 1.165) is 79.5 Å². The minimum atomic E-state index is -4.80. The molecule has 0 radical (unpaired) electrons. The van der Waals surface area contributed by atoms with Gasteiger partial charge in [0.1, 0.15) is 17.2 Å². The van der Waals surface area contributed by atoms with E-state index in [9.17, 15) is 23.1 Å². The van der Waals surface area contributed by atoms with Crippen molar-refractivity contribution in [2.75, 3.05) is 18.0 Å². The highest BCUT2D eigenvalue weighted by Crippen LogP contribution is 2.54. The summed E-state index contributed by atoms with van der Waals surface area (Å²) < 4.78 is 51.2. The Hall–Kier alpha value is -4.21. The van der Waals surface area contributed by atoms with Gasteiger partial charge in [0.25, 0.3) is 0 Å². The van der Waals surface area contributed by atoms with Crippen LogP contribution in [-0.2, 0) is 7.05 Å². The molecule has 2 aliphatic carbocycles. The molecule has 0 amide bonds. The van der Waals surface area contributed by atoms with Crippen LogP contribution in [0.5, 0.6) is 5.75 Å². The lowest BCUT2D eigenvalue weighted by Crippen LogP contribution is -2.44. The average molecular weight is 578 g/mol. The molecule has 1 aliphatic heterocycles. The number of aryl methyl sites for hydroxylation is 1. The predicted molar refractivity (Wildman–Crippen MR) is 152 cm³/mol. The molecule has 3 fully saturated rings. The van der Waals surface area contributed by atoms with Crippen LogP contribution >= 0.6 is 0 Å². The number of fused-ring (bicyclic) bond motifs is 1. The number of halogens is 3. The van der Waals surface area contributed by atoms with Crippen molar-refractivity contribution in [3.63, 3.8) is 0 Å². The molecule has 42 heavy (non-hydrogen) atoms. The third-order valence-electron chi connectivity index (χ3n) is 9.02. The number of carboxylic acid groups (broad SMARTS) is 1. The maximum atomic E-state index is 13.1. The van der Waals surface area contributed by atoms with Gasteiger partial charge in [0, 0.05) is 54.5 Å². The SMILES string of the molecule is Cn1cc(C(=O)O)c2ccc(N3CCC4(CC3)CC(=Cc3c(-c5ccccc5OC(F)(F)F)noc3C3CC3)C4)cc21. The second-order valence-electron chi connectivity index (χ2n) is 11.9. The topological polar surface area (TPSA) is 80.7 Å². The summed E-state index contributed by atoms with van der Waals surface area (Å²) in [4.78, 5) is 13.9. The van der Waals surface area contributed by atoms with Crippen LogP contribution in [0.15, 0.2) is 58.8 Å². The summed E-state index contributed by atoms with van der Waals surface area (Å²) >= 11 is 0. The number of nitrogens with zero attached hydrogens (tertiary/aromatic N) is 3. The summed E-state index contributed by atoms with van der Waals surface area (Å²) in [6.07, 6.45) is 4.85. The Morgan fingerprint density at radius 1 is 1.14 bits per heavy atom. The molecule has 2 aromatic carbocycles. The number of aromatic carboxylic acids is 1. The summed E-state index contributed by atoms with van der Waals surface area (Å²) in [6, 6.07) is 12.0. The summed E-state index contributed by atoms with van der Waals surface area (Å²) in [7, 11) is 1.86. The lowest BCUT2D eigenvalue weighted by atomic mass is 9.60. The number of para-hydroxylation sites is 1. The second-order valence-corrected chi connectivity index (χ2v) is 11.9. The quantitative estimate of drug-likeness (QED) is 0.252. The first-order chi connectivity index (χ1) is 20.1. The molecule has 10 heteroatoms. The molecule has 218 valence electrons. The van der Waals surface area contributed by atoms with Crippen LogP contribution in [0.4, 0.5) is 18.9 Å². The van der Waals surface area contributed by atoms with Gasteiger partial charge in [-0.3, -0.25) is 0 Å². The molecule has 1 N–H and O–H groups in total. The van der Waals surface area contributed by atoms with Crippen LogP contribution in [0, 0.1) is 5.41 Å². The number of allylic oxidation sites excluding steroid dienone is 1. The number of hydrogen-bond donors (Lipinski definition) is 1. The lowest BCUT2D eigenvalue weighted by Gasteiger charge is -2.50. The monoisotopic (exact) mass is 577 g/mol. The van der Waals surface area contributed by atoms with E-state index in [-0.39, 0.29) is 22.6 Å². The maximum absolute atomic E-state index is 13.1. The Balaban J connectivity index is 1.08. The van der Waals surface area contributed by atoms with E-state index in [1.54, 1.807) is 18.3 Å². The third kappa shape index (κ3) is 4.82. The van der Waals surface area contributed by atoms with Gasteiger partial charge in [-0.2, -0.15) is 0 Å². The highest BCUT2D eigenvalue weighted by molar-refractivity contribution is 6.04. The van der Waals surface area contributed by atoms with E-state index in [0.29, 0.717) is 11.3 Å². The van der Waals surface area contributed by atoms with E-state index in [1.165, 1.54) is 17.7 Å². The van der Waals surface area contributed by atoms with E-state index in [2.05, 4.69) is 26.9 Å². The molecule has 7 rings (SSSR count). The lowest BCUT2D eigenvalue weighted by molar-refractivity contribution is -0.274. The highest BCUT2D eigenvalue weighted by Gasteiger charge is 2.43. The van der Waals surface area contributed by atoms with Crippen molar-refractivity contribution in [3.05, 3.63) is 71.1 Å². The molecule has 3 aliphatic rings. The van der Waals surface area contributed by atoms with E-state index in [1.807, 2.05) is 23.7 Å². The number of anilines is 1. The number of ether oxygens (including phenoxy) is 1. The van der Waals surface area contributed by atoms with Crippen LogP contribution in [0.1, 0.15) is 66.1 Å². The zero-order valence-electron chi connectivity index (χ0n) is 23.1. The van der Waals surface area contributed by atoms with Crippen molar-refractivity contribution in [2.45, 2.75) is 50.8 Å². The van der Waals surface area contributed by atoms with Crippen LogP contribution in [0.25, 0.3) is 28.2 Å². The van der Waals surface area contributed by atoms with Crippen molar-refractivity contribution in [1.29, 1.82) is 0 Å². The molecule has 7 nitrogen and oxygen atoms in total. The standard InChI is InChI=1S/C32H30F3N3O4/c1-37-18-25(30(39)40)22-9-8-21(15-26(22)37)38-12-10-31(11-13-38)16-19(17-31)14-24-28(36-42-29(24)20-6-7-20)23-4-2-3-5-27(23)41-32(33,34)35/h2-5,8-9,14-15,18,20H,6-7,10-13,16-17H2,1H3,(H,39,40). The van der Waals surface area contributed by atoms with Crippen molar-refractivity contribution < 1.29 is 32.3 Å². The van der Waals surface area contributed by atoms with Gasteiger partial charge in [-0.15, -0.1) is 13.2 Å². The minimum absolute atomic E-state index is 0.211. The number of rotatable bonds is 6. The van der Waals surface area contributed by atoms with Gasteiger partial charge in [0.15, 0.2) is 0 Å². The molecule has 0 bridgehead atoms. The molecule has 3 heterocycles. The van der Waals surface area contributed by atoms with Gasteiger partial charge in [-0.25, -0.2) is 4.79 Å². The van der Waals surface area contributed by atoms with Gasteiger partial charge in [-0.1, -0.05) is 22.9 Å². The molecule has 0 atom stereocenters. The Kier molecular flexibility index (Phi) is 6.14. The Morgan fingerprint density at radius 3 is 2.57 bits per heavy atom. The zero-order chi connectivity index (χ0) is 29.2. The highest BCUT2D eigenvalue weighted by atomic mass is 19.4. The number of hydrogen-bond acceptors (Lipinski definition) is 5. The third-order valence-corrected chi connectivity index (χ3v) is 9.02. The molecule has 1 spiro atoms. The van der Waals surface area contributed by atoms with Crippen molar-refractivity contribution in [3.8, 4) is 17.0 Å². The largest absolute Gasteiger partial charge is 0.573 e. The zero-order valence-corrected chi connectivity index (χ0v) is 23.1. The number of alkyl halides is 3. The fourth-order valence-electron chi connectivity index (χ4n) is 6.71. The number of carboxylic acids is 1. The van der Waals surface area contributed by atoms with Gasteiger partial charge in [-0.05, 0) is 80.3 Å². The van der Waals surface area contributed by atoms with Gasteiger partial charge >= 0.3 is 12.3 Å². The van der Waals surface area contributed by atoms with Crippen LogP contribution in [0.2, 0.25) is 0 Å². The van der Waals surface area contributed by atoms with Gasteiger partial charge in [0.2, 0.25) is 0 Å². The Labute approximate surface area is 240 Å². The van der Waals surface area contributed by atoms with E-state index >= 15 is 0 Å². The summed E-state index contributed by atoms with van der Waals surface area (Å²) in [5, 5.41) is 14.5. The Morgan fingerprint density at radius 2 is 1.88 bits per heavy atom. The second kappa shape index (κ2) is 9.68. The molecule has 2 aromatic heterocycles. The minimum Gasteiger partial charge on any atom is -0.478 e. The smallest absolute Gasteiger partial charge is 0.478 e. The average Bonchev–Trinajstić information content (AvgIpc) is 3.61. The van der Waals surface area contributed by atoms with Gasteiger partial charge in [0.05, 0.1) is 11.1 Å². The number of piperidine rings is 1. The van der Waals surface area contributed by atoms with Crippen LogP contribution in [-0.4, -0.2) is 40.3 Å². The van der Waals surface area contributed by atoms with E-state index in [4.69, 9.17) is 4.52 Å². The van der Waals surface area contributed by atoms with Crippen LogP contribution < -0.4 is 9.64 Å². The Bertz CT molecular complexity index is 1710. The summed E-state index contributed by atoms with van der Waals surface area (Å²) in [6.45, 7) is 1.81. The molecule has 2 saturated carbocycles. The molecule has 1 saturated heterocycles. The fraction of sp³-hybridized carbons (Fsp3) is 0.375. The van der Waals surface area contributed by atoms with Gasteiger partial charge < -0.3 is 23.8 Å². The number of benzene rings is 2. The van der Waals surface area contributed by atoms with E-state index < -0.39 is 12.3 Å². The molecular weight excluding hydrogens is 547 g/mol. The maximum Gasteiger partial charge on any atom is 0.573 e. The molecular formula is C32H30F3N3O4.